The average Bonchev–Trinajstić information content (AvgIpc) is 2.77. The zero-order valence-electron chi connectivity index (χ0n) is 11.7. The number of methoxy groups -OCH3 is 1. The Balaban J connectivity index is 2.22. The quantitative estimate of drug-likeness (QED) is 0.805. The van der Waals surface area contributed by atoms with E-state index >= 15 is 0 Å². The van der Waals surface area contributed by atoms with Crippen molar-refractivity contribution in [3.05, 3.63) is 16.5 Å². The molecule has 1 aromatic rings. The number of sulfonamides is 1. The van der Waals surface area contributed by atoms with Gasteiger partial charge >= 0.3 is 5.97 Å². The molecule has 0 spiro atoms. The molecule has 2 N–H and O–H groups in total. The smallest absolute Gasteiger partial charge is 0.371 e. The van der Waals surface area contributed by atoms with E-state index in [0.717, 1.165) is 6.07 Å². The number of rotatable bonds is 5. The van der Waals surface area contributed by atoms with Gasteiger partial charge in [-0.15, -0.1) is 0 Å². The van der Waals surface area contributed by atoms with Gasteiger partial charge in [-0.1, -0.05) is 13.8 Å². The lowest BCUT2D eigenvalue weighted by molar-refractivity contribution is -0.0908. The van der Waals surface area contributed by atoms with Crippen molar-refractivity contribution in [1.29, 1.82) is 0 Å². The summed E-state index contributed by atoms with van der Waals surface area (Å²) < 4.78 is 37.2. The Morgan fingerprint density at radius 2 is 2.19 bits per heavy atom. The third-order valence-corrected chi connectivity index (χ3v) is 6.24. The molecule has 0 amide bonds. The second-order valence-corrected chi connectivity index (χ2v) is 7.91. The molecule has 1 fully saturated rings. The molecule has 1 aliphatic carbocycles. The Bertz CT molecular complexity index is 665. The fourth-order valence-corrected chi connectivity index (χ4v) is 4.72. The molecule has 9 heteroatoms. The molecule has 1 aliphatic rings. The minimum absolute atomic E-state index is 0.0208. The Kier molecular flexibility index (Phi) is 4.22. The van der Waals surface area contributed by atoms with Gasteiger partial charge in [0, 0.05) is 24.6 Å². The monoisotopic (exact) mass is 381 g/mol. The van der Waals surface area contributed by atoms with E-state index < -0.39 is 21.8 Å². The minimum Gasteiger partial charge on any atom is -0.475 e. The van der Waals surface area contributed by atoms with E-state index in [4.69, 9.17) is 14.3 Å². The molecule has 1 aromatic heterocycles. The first-order valence-corrected chi connectivity index (χ1v) is 8.45. The molecule has 2 unspecified atom stereocenters. The molecular formula is C12H16BrNO6S. The van der Waals surface area contributed by atoms with E-state index in [1.54, 1.807) is 7.11 Å². The number of aromatic carboxylic acids is 1. The number of ether oxygens (including phenoxy) is 1. The molecule has 2 atom stereocenters. The average molecular weight is 382 g/mol. The lowest BCUT2D eigenvalue weighted by atomic mass is 9.65. The number of carbonyl (C=O) groups is 1. The van der Waals surface area contributed by atoms with Crippen LogP contribution in [0.3, 0.4) is 0 Å². The summed E-state index contributed by atoms with van der Waals surface area (Å²) in [5.41, 5.74) is -0.340. The first kappa shape index (κ1) is 16.5. The van der Waals surface area contributed by atoms with Crippen molar-refractivity contribution in [2.75, 3.05) is 7.11 Å². The number of hydrogen-bond acceptors (Lipinski definition) is 5. The van der Waals surface area contributed by atoms with Gasteiger partial charge in [0.15, 0.2) is 4.67 Å². The van der Waals surface area contributed by atoms with Gasteiger partial charge in [0.1, 0.15) is 4.90 Å². The van der Waals surface area contributed by atoms with E-state index in [1.807, 2.05) is 13.8 Å². The number of halogens is 1. The summed E-state index contributed by atoms with van der Waals surface area (Å²) in [6.45, 7) is 3.82. The van der Waals surface area contributed by atoms with Crippen LogP contribution in [-0.2, 0) is 14.8 Å². The van der Waals surface area contributed by atoms with Crippen LogP contribution in [-0.4, -0.2) is 38.7 Å². The van der Waals surface area contributed by atoms with Crippen molar-refractivity contribution < 1.29 is 27.5 Å². The maximum Gasteiger partial charge on any atom is 0.371 e. The van der Waals surface area contributed by atoms with E-state index in [1.165, 1.54) is 0 Å². The summed E-state index contributed by atoms with van der Waals surface area (Å²) in [7, 11) is -2.29. The van der Waals surface area contributed by atoms with E-state index in [-0.39, 0.29) is 27.1 Å². The van der Waals surface area contributed by atoms with Crippen molar-refractivity contribution in [3.8, 4) is 0 Å². The molecule has 118 valence electrons. The molecule has 0 aliphatic heterocycles. The molecular weight excluding hydrogens is 366 g/mol. The Morgan fingerprint density at radius 1 is 1.57 bits per heavy atom. The number of hydrogen-bond donors (Lipinski definition) is 2. The maximum absolute atomic E-state index is 12.3. The highest BCUT2D eigenvalue weighted by molar-refractivity contribution is 9.10. The maximum atomic E-state index is 12.3. The largest absolute Gasteiger partial charge is 0.475 e. The number of carboxylic acid groups (broad SMARTS) is 1. The van der Waals surface area contributed by atoms with Gasteiger partial charge in [-0.05, 0) is 22.4 Å². The van der Waals surface area contributed by atoms with Crippen molar-refractivity contribution in [2.45, 2.75) is 37.3 Å². The lowest BCUT2D eigenvalue weighted by Gasteiger charge is -2.50. The van der Waals surface area contributed by atoms with Gasteiger partial charge in [-0.25, -0.2) is 17.9 Å². The van der Waals surface area contributed by atoms with Gasteiger partial charge in [-0.2, -0.15) is 0 Å². The molecule has 1 saturated carbocycles. The SMILES string of the molecule is COC1CC(NS(=O)(=O)c2cc(C(=O)O)oc2Br)C1(C)C. The van der Waals surface area contributed by atoms with E-state index in [0.29, 0.717) is 6.42 Å². The summed E-state index contributed by atoms with van der Waals surface area (Å²) in [5, 5.41) is 8.83. The van der Waals surface area contributed by atoms with Crippen molar-refractivity contribution in [2.24, 2.45) is 5.41 Å². The number of carboxylic acids is 1. The van der Waals surface area contributed by atoms with Crippen molar-refractivity contribution in [3.63, 3.8) is 0 Å². The summed E-state index contributed by atoms with van der Waals surface area (Å²) in [6.07, 6.45) is 0.539. The highest BCUT2D eigenvalue weighted by Gasteiger charge is 2.50. The van der Waals surface area contributed by atoms with Gasteiger partial charge in [-0.3, -0.25) is 0 Å². The molecule has 1 heterocycles. The molecule has 7 nitrogen and oxygen atoms in total. The number of nitrogens with one attached hydrogen (secondary N) is 1. The van der Waals surface area contributed by atoms with Gasteiger partial charge < -0.3 is 14.3 Å². The lowest BCUT2D eigenvalue weighted by Crippen LogP contribution is -2.61. The normalized spacial score (nSPS) is 24.6. The van der Waals surface area contributed by atoms with Crippen molar-refractivity contribution >= 4 is 31.9 Å². The highest BCUT2D eigenvalue weighted by atomic mass is 79.9. The Morgan fingerprint density at radius 3 is 2.62 bits per heavy atom. The fraction of sp³-hybridized carbons (Fsp3) is 0.583. The van der Waals surface area contributed by atoms with Crippen LogP contribution in [0.15, 0.2) is 20.0 Å². The highest BCUT2D eigenvalue weighted by Crippen LogP contribution is 2.43. The molecule has 0 bridgehead atoms. The van der Waals surface area contributed by atoms with E-state index in [9.17, 15) is 13.2 Å². The first-order valence-electron chi connectivity index (χ1n) is 6.17. The van der Waals surface area contributed by atoms with Crippen LogP contribution in [0, 0.1) is 5.41 Å². The van der Waals surface area contributed by atoms with Crippen LogP contribution in [0.5, 0.6) is 0 Å². The standard InChI is InChI=1S/C12H16BrNO6S/c1-12(2)8(5-9(12)19-3)14-21(17,18)7-4-6(11(15)16)20-10(7)13/h4,8-9,14H,5H2,1-3H3,(H,15,16). The molecule has 0 aromatic carbocycles. The number of furan rings is 1. The van der Waals surface area contributed by atoms with Crippen LogP contribution in [0.1, 0.15) is 30.8 Å². The molecule has 0 radical (unpaired) electrons. The minimum atomic E-state index is -3.88. The second-order valence-electron chi connectivity index (χ2n) is 5.51. The Labute approximate surface area is 130 Å². The van der Waals surface area contributed by atoms with Gasteiger partial charge in [0.25, 0.3) is 0 Å². The predicted molar refractivity (Wildman–Crippen MR) is 76.7 cm³/mol. The summed E-state index contributed by atoms with van der Waals surface area (Å²) in [6, 6.07) is 0.691. The zero-order valence-corrected chi connectivity index (χ0v) is 14.1. The molecule has 0 saturated heterocycles. The second kappa shape index (κ2) is 5.38. The topological polar surface area (TPSA) is 106 Å². The van der Waals surface area contributed by atoms with Crippen LogP contribution >= 0.6 is 15.9 Å². The third kappa shape index (κ3) is 2.87. The van der Waals surface area contributed by atoms with Gasteiger partial charge in [0.2, 0.25) is 15.8 Å². The molecule has 2 rings (SSSR count). The molecule has 21 heavy (non-hydrogen) atoms. The third-order valence-electron chi connectivity index (χ3n) is 3.92. The first-order chi connectivity index (χ1) is 9.59. The van der Waals surface area contributed by atoms with Crippen LogP contribution in [0.2, 0.25) is 0 Å². The fourth-order valence-electron chi connectivity index (χ4n) is 2.38. The van der Waals surface area contributed by atoms with Crippen LogP contribution < -0.4 is 4.72 Å². The zero-order chi connectivity index (χ0) is 16.0. The van der Waals surface area contributed by atoms with Gasteiger partial charge in [0.05, 0.1) is 6.10 Å². The van der Waals surface area contributed by atoms with Crippen LogP contribution in [0.4, 0.5) is 0 Å². The summed E-state index contributed by atoms with van der Waals surface area (Å²) >= 11 is 2.93. The predicted octanol–water partition coefficient (Wildman–Crippen LogP) is 1.83. The van der Waals surface area contributed by atoms with Crippen LogP contribution in [0.25, 0.3) is 0 Å². The van der Waals surface area contributed by atoms with E-state index in [2.05, 4.69) is 20.7 Å². The summed E-state index contributed by atoms with van der Waals surface area (Å²) in [5.74, 6) is -1.77. The Hall–Kier alpha value is -0.900. The summed E-state index contributed by atoms with van der Waals surface area (Å²) in [4.78, 5) is 10.6. The van der Waals surface area contributed by atoms with Crippen molar-refractivity contribution in [1.82, 2.24) is 4.72 Å².